The Balaban J connectivity index is 1.16. The molecule has 1 aliphatic carbocycles. The fourth-order valence-electron chi connectivity index (χ4n) is 6.52. The topological polar surface area (TPSA) is 118 Å². The number of benzene rings is 3. The van der Waals surface area contributed by atoms with Crippen molar-refractivity contribution in [3.63, 3.8) is 0 Å². The number of hydrazone groups is 1. The molecule has 1 heterocycles. The van der Waals surface area contributed by atoms with Crippen molar-refractivity contribution in [2.45, 2.75) is 76.7 Å². The zero-order valence-corrected chi connectivity index (χ0v) is 31.9. The number of rotatable bonds is 22. The van der Waals surface area contributed by atoms with Crippen LogP contribution < -0.4 is 14.9 Å². The minimum atomic E-state index is -0.498. The molecule has 1 unspecified atom stereocenters. The number of anilines is 1. The number of hydrogen-bond acceptors (Lipinski definition) is 11. The lowest BCUT2D eigenvalue weighted by molar-refractivity contribution is -0.148. The number of carbonyl (C=O) groups is 2. The molecule has 54 heavy (non-hydrogen) atoms. The Bertz CT molecular complexity index is 1800. The molecule has 0 radical (unpaired) electrons. The van der Waals surface area contributed by atoms with Crippen LogP contribution in [0.15, 0.2) is 97.1 Å². The first-order chi connectivity index (χ1) is 26.4. The van der Waals surface area contributed by atoms with E-state index in [0.29, 0.717) is 47.7 Å². The van der Waals surface area contributed by atoms with Crippen LogP contribution in [0.3, 0.4) is 0 Å². The SMILES string of the molecule is C=CCOCOC(CCCCOc1ccc(C(=O)Oc2ccc(C3CCC(CCC)CC3)cc2/C=N/Nc2nc3ccccc3s2)cc1)COC(=O)C=C. The van der Waals surface area contributed by atoms with Crippen LogP contribution in [0.5, 0.6) is 11.5 Å². The number of esters is 2. The van der Waals surface area contributed by atoms with E-state index < -0.39 is 11.9 Å². The molecule has 0 amide bonds. The largest absolute Gasteiger partial charge is 0.494 e. The molecule has 1 N–H and O–H groups in total. The summed E-state index contributed by atoms with van der Waals surface area (Å²) in [4.78, 5) is 29.5. The molecule has 10 nitrogen and oxygen atoms in total. The van der Waals surface area contributed by atoms with E-state index in [4.69, 9.17) is 23.7 Å². The Morgan fingerprint density at radius 3 is 2.61 bits per heavy atom. The molecule has 5 rings (SSSR count). The monoisotopic (exact) mass is 753 g/mol. The van der Waals surface area contributed by atoms with Crippen molar-refractivity contribution in [2.24, 2.45) is 11.0 Å². The minimum absolute atomic E-state index is 0.0794. The number of para-hydroxylation sites is 1. The number of carbonyl (C=O) groups excluding carboxylic acids is 2. The van der Waals surface area contributed by atoms with Crippen LogP contribution in [-0.2, 0) is 19.0 Å². The zero-order chi connectivity index (χ0) is 38.0. The van der Waals surface area contributed by atoms with Crippen LogP contribution >= 0.6 is 11.3 Å². The summed E-state index contributed by atoms with van der Waals surface area (Å²) in [5, 5.41) is 5.19. The first-order valence-corrected chi connectivity index (χ1v) is 19.6. The van der Waals surface area contributed by atoms with E-state index in [2.05, 4.69) is 47.7 Å². The third-order valence-electron chi connectivity index (χ3n) is 9.39. The van der Waals surface area contributed by atoms with Gasteiger partial charge < -0.3 is 23.7 Å². The van der Waals surface area contributed by atoms with Crippen LogP contribution in [0.25, 0.3) is 10.2 Å². The van der Waals surface area contributed by atoms with Crippen LogP contribution in [0.1, 0.15) is 92.1 Å². The van der Waals surface area contributed by atoms with E-state index in [1.165, 1.54) is 42.6 Å². The Morgan fingerprint density at radius 2 is 1.85 bits per heavy atom. The highest BCUT2D eigenvalue weighted by Crippen LogP contribution is 2.38. The zero-order valence-electron chi connectivity index (χ0n) is 31.1. The van der Waals surface area contributed by atoms with Gasteiger partial charge >= 0.3 is 11.9 Å². The molecule has 1 atom stereocenters. The van der Waals surface area contributed by atoms with Crippen LogP contribution in [0.4, 0.5) is 5.13 Å². The molecule has 0 spiro atoms. The highest BCUT2D eigenvalue weighted by molar-refractivity contribution is 7.22. The van der Waals surface area contributed by atoms with Gasteiger partial charge in [0, 0.05) is 11.6 Å². The van der Waals surface area contributed by atoms with Crippen molar-refractivity contribution in [1.29, 1.82) is 0 Å². The molecule has 1 fully saturated rings. The Labute approximate surface area is 322 Å². The average Bonchev–Trinajstić information content (AvgIpc) is 3.62. The van der Waals surface area contributed by atoms with Gasteiger partial charge in [-0.2, -0.15) is 5.10 Å². The van der Waals surface area contributed by atoms with E-state index in [0.717, 1.165) is 53.5 Å². The van der Waals surface area contributed by atoms with Gasteiger partial charge in [0.05, 0.1) is 41.3 Å². The van der Waals surface area contributed by atoms with Gasteiger partial charge in [-0.1, -0.05) is 62.0 Å². The predicted octanol–water partition coefficient (Wildman–Crippen LogP) is 9.86. The number of aromatic nitrogens is 1. The number of nitrogens with one attached hydrogen (secondary N) is 1. The summed E-state index contributed by atoms with van der Waals surface area (Å²) in [5.41, 5.74) is 6.35. The molecule has 3 aromatic carbocycles. The highest BCUT2D eigenvalue weighted by atomic mass is 32.1. The first kappa shape index (κ1) is 40.3. The standard InChI is InChI=1S/C43H51N3O7S/c1-4-11-31-15-17-32(18-16-31)34-21-24-39(35(27-34)28-44-46-43-45-38-13-7-8-14-40(38)54-43)53-42(48)33-19-22-36(23-20-33)50-26-10-9-12-37(29-51-41(47)6-3)52-30-49-25-5-2/h5-8,13-14,19-24,27-28,31-32,37H,2-4,9-12,15-18,25-26,29-30H2,1H3,(H,45,46)/b44-28+. The van der Waals surface area contributed by atoms with Gasteiger partial charge in [-0.15, -0.1) is 6.58 Å². The van der Waals surface area contributed by atoms with Crippen molar-refractivity contribution < 1.29 is 33.3 Å². The highest BCUT2D eigenvalue weighted by Gasteiger charge is 2.23. The summed E-state index contributed by atoms with van der Waals surface area (Å²) >= 11 is 1.53. The van der Waals surface area contributed by atoms with E-state index in [1.807, 2.05) is 30.3 Å². The van der Waals surface area contributed by atoms with Crippen LogP contribution in [-0.4, -0.2) is 55.9 Å². The number of unbranched alkanes of at least 4 members (excludes halogenated alkanes) is 1. The van der Waals surface area contributed by atoms with Gasteiger partial charge in [0.25, 0.3) is 0 Å². The van der Waals surface area contributed by atoms with Crippen LogP contribution in [0.2, 0.25) is 0 Å². The summed E-state index contributed by atoms with van der Waals surface area (Å²) < 4.78 is 29.1. The Morgan fingerprint density at radius 1 is 1.04 bits per heavy atom. The molecule has 0 bridgehead atoms. The van der Waals surface area contributed by atoms with Gasteiger partial charge in [-0.3, -0.25) is 5.43 Å². The lowest BCUT2D eigenvalue weighted by atomic mass is 9.77. The molecule has 4 aromatic rings. The molecule has 1 aromatic heterocycles. The average molecular weight is 754 g/mol. The number of fused-ring (bicyclic) bond motifs is 1. The van der Waals surface area contributed by atoms with E-state index >= 15 is 0 Å². The molecule has 1 aliphatic rings. The quantitative estimate of drug-likeness (QED) is 0.0122. The third-order valence-corrected chi connectivity index (χ3v) is 10.3. The maximum absolute atomic E-state index is 13.4. The van der Waals surface area contributed by atoms with Gasteiger partial charge in [-0.05, 0) is 111 Å². The van der Waals surface area contributed by atoms with Gasteiger partial charge in [0.1, 0.15) is 24.9 Å². The second kappa shape index (κ2) is 21.8. The lowest BCUT2D eigenvalue weighted by Gasteiger charge is -2.29. The number of hydrogen-bond donors (Lipinski definition) is 1. The Hall–Kier alpha value is -4.84. The van der Waals surface area contributed by atoms with Gasteiger partial charge in [0.15, 0.2) is 0 Å². The summed E-state index contributed by atoms with van der Waals surface area (Å²) in [6.45, 7) is 10.3. The smallest absolute Gasteiger partial charge is 0.343 e. The van der Waals surface area contributed by atoms with Crippen molar-refractivity contribution in [2.75, 3.05) is 32.0 Å². The molecule has 0 aliphatic heterocycles. The maximum Gasteiger partial charge on any atom is 0.343 e. The molecule has 1 saturated carbocycles. The van der Waals surface area contributed by atoms with Crippen LogP contribution in [0, 0.1) is 5.92 Å². The summed E-state index contributed by atoms with van der Waals surface area (Å²) in [6, 6.07) is 20.9. The van der Waals surface area contributed by atoms with Crippen molar-refractivity contribution in [1.82, 2.24) is 4.98 Å². The predicted molar refractivity (Wildman–Crippen MR) is 215 cm³/mol. The first-order valence-electron chi connectivity index (χ1n) is 18.8. The fourth-order valence-corrected chi connectivity index (χ4v) is 7.33. The van der Waals surface area contributed by atoms with Crippen molar-refractivity contribution in [3.8, 4) is 11.5 Å². The van der Waals surface area contributed by atoms with E-state index in [-0.39, 0.29) is 19.5 Å². The second-order valence-corrected chi connectivity index (χ2v) is 14.3. The number of ether oxygens (including phenoxy) is 5. The maximum atomic E-state index is 13.4. The number of thiazole rings is 1. The van der Waals surface area contributed by atoms with E-state index in [9.17, 15) is 9.59 Å². The van der Waals surface area contributed by atoms with Gasteiger partial charge in [-0.25, -0.2) is 14.6 Å². The van der Waals surface area contributed by atoms with E-state index in [1.54, 1.807) is 36.6 Å². The minimum Gasteiger partial charge on any atom is -0.494 e. The fraction of sp³-hybridized carbons (Fsp3) is 0.395. The third kappa shape index (κ3) is 12.6. The van der Waals surface area contributed by atoms with Crippen molar-refractivity contribution >= 4 is 44.8 Å². The molecule has 286 valence electrons. The van der Waals surface area contributed by atoms with Crippen molar-refractivity contribution in [3.05, 3.63) is 109 Å². The second-order valence-electron chi connectivity index (χ2n) is 13.3. The summed E-state index contributed by atoms with van der Waals surface area (Å²) in [6.07, 6.45) is 13.7. The molecular formula is C43H51N3O7S. The number of nitrogens with zero attached hydrogens (tertiary/aromatic N) is 2. The molecule has 11 heteroatoms. The summed E-state index contributed by atoms with van der Waals surface area (Å²) in [7, 11) is 0. The lowest BCUT2D eigenvalue weighted by Crippen LogP contribution is -2.23. The molecule has 0 saturated heterocycles. The summed E-state index contributed by atoms with van der Waals surface area (Å²) in [5.74, 6) is 1.40. The normalized spacial score (nSPS) is 16.2. The van der Waals surface area contributed by atoms with Gasteiger partial charge in [0.2, 0.25) is 5.13 Å². The Kier molecular flexibility index (Phi) is 16.3. The molecular weight excluding hydrogens is 703 g/mol.